The molecule has 0 amide bonds. The van der Waals surface area contributed by atoms with Crippen LogP contribution in [0.3, 0.4) is 0 Å². The Labute approximate surface area is 764 Å². The zero-order valence-corrected chi connectivity index (χ0v) is 78.3. The van der Waals surface area contributed by atoms with Crippen LogP contribution >= 0.6 is 43.5 Å². The summed E-state index contributed by atoms with van der Waals surface area (Å²) in [4.78, 5) is 65.7. The quantitative estimate of drug-likeness (QED) is 0.0639. The van der Waals surface area contributed by atoms with Crippen LogP contribution in [0.1, 0.15) is 200 Å². The highest BCUT2D eigenvalue weighted by molar-refractivity contribution is 9.11. The molecule has 0 spiro atoms. The van der Waals surface area contributed by atoms with Gasteiger partial charge in [0.15, 0.2) is 46.1 Å². The largest absolute Gasteiger partial charge is 0.508 e. The zero-order valence-electron chi connectivity index (χ0n) is 74.4. The maximum Gasteiger partial charge on any atom is 0.308 e. The number of hydrogen-bond donors (Lipinski definition) is 5. The molecule has 4 heterocycles. The van der Waals surface area contributed by atoms with E-state index in [0.717, 1.165) is 170 Å². The minimum atomic E-state index is -0.432. The Morgan fingerprint density at radius 2 is 0.709 bits per heavy atom. The van der Waals surface area contributed by atoms with Crippen LogP contribution in [0.25, 0.3) is 65.4 Å². The molecule has 648 valence electrons. The predicted octanol–water partition coefficient (Wildman–Crippen LogP) is 27.4. The number of anilines is 4. The van der Waals surface area contributed by atoms with E-state index in [0.29, 0.717) is 64.8 Å². The van der Waals surface area contributed by atoms with Crippen LogP contribution in [0.4, 0.5) is 22.7 Å². The third-order valence-electron chi connectivity index (χ3n) is 26.1. The molecule has 4 atom stereocenters. The number of esters is 1. The molecule has 0 saturated carbocycles. The van der Waals surface area contributed by atoms with Gasteiger partial charge in [-0.2, -0.15) is 0 Å². The van der Waals surface area contributed by atoms with Crippen molar-refractivity contribution in [3.8, 4) is 34.5 Å². The van der Waals surface area contributed by atoms with Crippen molar-refractivity contribution in [2.24, 2.45) is 21.7 Å². The second kappa shape index (κ2) is 34.1. The molecule has 12 aromatic carbocycles. The monoisotopic (exact) mass is 1840 g/mol. The van der Waals surface area contributed by atoms with Gasteiger partial charge in [-0.05, 0) is 260 Å². The van der Waals surface area contributed by atoms with E-state index in [1.807, 2.05) is 87.5 Å². The molecule has 20 rings (SSSR count). The van der Waals surface area contributed by atoms with Crippen LogP contribution in [0.2, 0.25) is 5.02 Å². The first-order valence-corrected chi connectivity index (χ1v) is 45.5. The van der Waals surface area contributed by atoms with Gasteiger partial charge in [-0.3, -0.25) is 24.0 Å². The lowest BCUT2D eigenvalue weighted by molar-refractivity contribution is -0.132. The van der Waals surface area contributed by atoms with Gasteiger partial charge in [0, 0.05) is 110 Å². The van der Waals surface area contributed by atoms with Crippen molar-refractivity contribution in [3.63, 3.8) is 0 Å². The van der Waals surface area contributed by atoms with E-state index in [1.165, 1.54) is 46.4 Å². The smallest absolute Gasteiger partial charge is 0.308 e. The number of nitrogens with one attached hydrogen (secondary N) is 4. The fourth-order valence-electron chi connectivity index (χ4n) is 20.5. The maximum atomic E-state index is 13.6. The number of halogens is 3. The molecule has 127 heavy (non-hydrogen) atoms. The highest BCUT2D eigenvalue weighted by atomic mass is 79.9. The Hall–Kier alpha value is -11.8. The first kappa shape index (κ1) is 87.3. The summed E-state index contributed by atoms with van der Waals surface area (Å²) in [7, 11) is 4.83. The number of ketones is 4. The summed E-state index contributed by atoms with van der Waals surface area (Å²) in [6, 6.07) is 66.8. The van der Waals surface area contributed by atoms with Gasteiger partial charge in [-0.15, -0.1) is 0 Å². The molecule has 4 aliphatic carbocycles. The lowest BCUT2D eigenvalue weighted by atomic mass is 9.68. The van der Waals surface area contributed by atoms with Gasteiger partial charge in [0.25, 0.3) is 0 Å². The molecule has 0 fully saturated rings. The lowest BCUT2D eigenvalue weighted by Gasteiger charge is -2.40. The summed E-state index contributed by atoms with van der Waals surface area (Å²) in [6.45, 7) is 25.1. The van der Waals surface area contributed by atoms with Crippen molar-refractivity contribution < 1.29 is 52.8 Å². The van der Waals surface area contributed by atoms with Crippen LogP contribution < -0.4 is 45.0 Å². The molecular formula is C109H105Br2ClN4O11. The highest BCUT2D eigenvalue weighted by Gasteiger charge is 2.47. The number of hydrogen-bond acceptors (Lipinski definition) is 15. The van der Waals surface area contributed by atoms with Crippen molar-refractivity contribution in [2.75, 3.05) is 49.2 Å². The summed E-state index contributed by atoms with van der Waals surface area (Å²) in [5, 5.41) is 34.9. The average molecular weight is 1840 g/mol. The highest BCUT2D eigenvalue weighted by Crippen LogP contribution is 2.59. The summed E-state index contributed by atoms with van der Waals surface area (Å²) in [5.74, 6) is 3.42. The molecule has 0 radical (unpaired) electrons. The summed E-state index contributed by atoms with van der Waals surface area (Å²) < 4.78 is 29.3. The molecule has 5 N–H and O–H groups in total. The Bertz CT molecular complexity index is 6780. The van der Waals surface area contributed by atoms with Gasteiger partial charge < -0.3 is 50.1 Å². The standard InChI is InChI=1S/C28H26BrNO4.C28H28BrNO3.C27H26ClNO2.C26H25NO2/c1-15(31)34-27-20(29)11-17(12-23(27)33-4)26-25-19(13-28(2,3)14-22(25)32)24-18-8-6-5-7-16(18)9-10-21(24)30-26;1-5-33-27-20(29)12-17(13-23(27)32-4)26-25-19(14-28(2,3)15-22(25)31)24-18-9-7-6-8-16(18)10-11-21(24)30-26;1-15-20(28)11-17(12-23(15)31-4)26-25-19(13-27(2,3)14-22(25)30)24-18-8-6-5-7-16(18)9-10-21(24)29-26;1-15-8-9-17(12-21(15)28)25-24-19(13-26(2,3)14-22(24)29)23-18-7-5-4-6-16(18)10-11-20(23)27-25/h5-12,26,30H,13-14H2,1-4H3;6-13,26,30H,5,14-15H2,1-4H3;5-12,26,29H,13-14H2,1-4H3;4-12,25,27-28H,13-14H2,1-3H3. The Morgan fingerprint density at radius 3 is 1.03 bits per heavy atom. The Morgan fingerprint density at radius 1 is 0.402 bits per heavy atom. The van der Waals surface area contributed by atoms with E-state index in [1.54, 1.807) is 20.3 Å². The van der Waals surface area contributed by atoms with E-state index in [4.69, 9.17) is 35.3 Å². The fraction of sp³-hybridized carbons (Fsp3) is 0.294. The number of rotatable bonds is 10. The second-order valence-electron chi connectivity index (χ2n) is 37.9. The molecule has 0 aromatic heterocycles. The first-order valence-electron chi connectivity index (χ1n) is 43.5. The van der Waals surface area contributed by atoms with Gasteiger partial charge in [-0.1, -0.05) is 200 Å². The topological polar surface area (TPSA) is 200 Å². The van der Waals surface area contributed by atoms with Gasteiger partial charge in [-0.25, -0.2) is 0 Å². The normalized spacial score (nSPS) is 19.4. The predicted molar refractivity (Wildman–Crippen MR) is 520 cm³/mol. The third-order valence-corrected chi connectivity index (χ3v) is 27.7. The summed E-state index contributed by atoms with van der Waals surface area (Å²) in [5.41, 5.74) is 21.9. The van der Waals surface area contributed by atoms with E-state index in [2.05, 4.69) is 236 Å². The van der Waals surface area contributed by atoms with Gasteiger partial charge >= 0.3 is 5.97 Å². The summed E-state index contributed by atoms with van der Waals surface area (Å²) >= 11 is 13.7. The van der Waals surface area contributed by atoms with Crippen LogP contribution in [-0.2, 0) is 24.0 Å². The second-order valence-corrected chi connectivity index (χ2v) is 40.1. The van der Waals surface area contributed by atoms with Crippen LogP contribution in [-0.4, -0.2) is 62.1 Å². The molecule has 18 heteroatoms. The van der Waals surface area contributed by atoms with Crippen molar-refractivity contribution >= 4 is 161 Å². The van der Waals surface area contributed by atoms with Crippen molar-refractivity contribution in [3.05, 3.63) is 292 Å². The molecule has 0 bridgehead atoms. The number of carbonyl (C=O) groups is 5. The van der Waals surface area contributed by atoms with E-state index in [9.17, 15) is 29.1 Å². The number of carbonyl (C=O) groups excluding carboxylic acids is 5. The number of phenols is 1. The number of ether oxygens (including phenoxy) is 5. The Balaban J connectivity index is 0.000000119. The van der Waals surface area contributed by atoms with Crippen LogP contribution in [0, 0.1) is 35.5 Å². The zero-order chi connectivity index (χ0) is 89.8. The number of benzene rings is 12. The van der Waals surface area contributed by atoms with Gasteiger partial charge in [0.05, 0.1) is 61.0 Å². The number of Topliss-reactive ketones (excluding diaryl/α,β-unsaturated/α-hetero) is 4. The fourth-order valence-corrected chi connectivity index (χ4v) is 21.9. The van der Waals surface area contributed by atoms with Gasteiger partial charge in [0.1, 0.15) is 11.5 Å². The van der Waals surface area contributed by atoms with E-state index in [-0.39, 0.29) is 74.7 Å². The molecule has 8 aliphatic rings. The van der Waals surface area contributed by atoms with Crippen molar-refractivity contribution in [2.45, 2.75) is 159 Å². The third kappa shape index (κ3) is 16.6. The SMILES string of the molecule is CCOc1c(Br)cc(C2Nc3ccc4ccccc4c3C3=C2C(=O)CC(C)(C)C3)cc1OC.COc1cc(C2Nc3ccc4ccccc4c3C3=C2C(=O)CC(C)(C)C3)cc(Br)c1OC(C)=O.COc1cc(C2Nc3ccc4ccccc4c3C3=C2C(=O)CC(C)(C)C3)cc(Cl)c1C.Cc1ccc(C2Nc3ccc4ccccc4c3C3=C2C(=O)CC(C)(C)C3)cc1O. The van der Waals surface area contributed by atoms with Crippen molar-refractivity contribution in [1.29, 1.82) is 0 Å². The molecule has 0 saturated heterocycles. The van der Waals surface area contributed by atoms with Crippen molar-refractivity contribution in [1.82, 2.24) is 0 Å². The molecule has 4 aliphatic heterocycles. The van der Waals surface area contributed by atoms with Crippen LogP contribution in [0.15, 0.2) is 231 Å². The lowest BCUT2D eigenvalue weighted by Crippen LogP contribution is -2.33. The molecule has 4 unspecified atom stereocenters. The number of aromatic hydroxyl groups is 1. The van der Waals surface area contributed by atoms with Gasteiger partial charge in [0.2, 0.25) is 0 Å². The maximum absolute atomic E-state index is 13.6. The number of phenolic OH excluding ortho intramolecular Hbond substituents is 1. The van der Waals surface area contributed by atoms with Crippen LogP contribution in [0.5, 0.6) is 34.5 Å². The number of methoxy groups -OCH3 is 3. The number of fused-ring (bicyclic) bond motifs is 16. The van der Waals surface area contributed by atoms with E-state index < -0.39 is 5.97 Å². The minimum Gasteiger partial charge on any atom is -0.508 e. The number of aryl methyl sites for hydroxylation is 1. The average Bonchev–Trinajstić information content (AvgIpc) is 0.743. The number of allylic oxidation sites excluding steroid dienone is 4. The molecular weight excluding hydrogens is 1740 g/mol. The minimum absolute atomic E-state index is 0.0680. The molecule has 12 aromatic rings. The summed E-state index contributed by atoms with van der Waals surface area (Å²) in [6.07, 6.45) is 5.53. The Kier molecular flexibility index (Phi) is 23.5. The van der Waals surface area contributed by atoms with E-state index >= 15 is 0 Å². The first-order chi connectivity index (χ1) is 60.6. The molecule has 15 nitrogen and oxygen atoms in total.